The minimum absolute atomic E-state index is 0.636. The first-order valence-corrected chi connectivity index (χ1v) is 8.31. The number of allylic oxidation sites excluding steroid dienone is 11. The fourth-order valence-electron chi connectivity index (χ4n) is 2.39. The highest BCUT2D eigenvalue weighted by Gasteiger charge is 2.19. The highest BCUT2D eigenvalue weighted by Crippen LogP contribution is 2.18. The minimum Gasteiger partial charge on any atom is -0.318 e. The second kappa shape index (κ2) is 9.92. The highest BCUT2D eigenvalue weighted by molar-refractivity contribution is 5.96. The third kappa shape index (κ3) is 5.80. The molecule has 0 aromatic rings. The first-order chi connectivity index (χ1) is 12.2. The van der Waals surface area contributed by atoms with Crippen LogP contribution in [-0.2, 0) is 0 Å². The Kier molecular flexibility index (Phi) is 7.24. The molecule has 0 spiro atoms. The van der Waals surface area contributed by atoms with Crippen LogP contribution >= 0.6 is 0 Å². The number of hydrogen-bond donors (Lipinski definition) is 0. The molecule has 2 aliphatic heterocycles. The fourth-order valence-corrected chi connectivity index (χ4v) is 2.39. The highest BCUT2D eigenvalue weighted by atomic mass is 15.2. The second-order valence-electron chi connectivity index (χ2n) is 5.55. The Labute approximate surface area is 151 Å². The van der Waals surface area contributed by atoms with Gasteiger partial charge in [-0.25, -0.2) is 0 Å². The molecule has 2 nitrogen and oxygen atoms in total. The van der Waals surface area contributed by atoms with Gasteiger partial charge in [-0.05, 0) is 29.7 Å². The van der Waals surface area contributed by atoms with E-state index in [0.717, 1.165) is 30.1 Å². The maximum Gasteiger partial charge on any atom is 0.128 e. The largest absolute Gasteiger partial charge is 0.318 e. The van der Waals surface area contributed by atoms with Gasteiger partial charge in [0.25, 0.3) is 0 Å². The van der Waals surface area contributed by atoms with E-state index < -0.39 is 0 Å². The van der Waals surface area contributed by atoms with Crippen LogP contribution in [-0.4, -0.2) is 23.8 Å². The van der Waals surface area contributed by atoms with Crippen molar-refractivity contribution >= 4 is 5.84 Å². The van der Waals surface area contributed by atoms with Gasteiger partial charge < -0.3 is 4.90 Å². The summed E-state index contributed by atoms with van der Waals surface area (Å²) in [5.41, 5.74) is 6.55. The number of amidine groups is 1. The maximum absolute atomic E-state index is 4.62. The third-order valence-electron chi connectivity index (χ3n) is 3.71. The van der Waals surface area contributed by atoms with Crippen LogP contribution in [0.4, 0.5) is 0 Å². The molecule has 126 valence electrons. The van der Waals surface area contributed by atoms with Crippen LogP contribution in [0.1, 0.15) is 6.42 Å². The minimum atomic E-state index is 0.636. The Hall–Kier alpha value is -3.09. The molecule has 0 radical (unpaired) electrons. The van der Waals surface area contributed by atoms with Crippen LogP contribution in [0, 0.1) is 0 Å². The molecule has 0 saturated heterocycles. The van der Waals surface area contributed by atoms with E-state index in [1.54, 1.807) is 12.2 Å². The van der Waals surface area contributed by atoms with Crippen LogP contribution in [0.3, 0.4) is 0 Å². The summed E-state index contributed by atoms with van der Waals surface area (Å²) in [5, 5.41) is 0. The second-order valence-corrected chi connectivity index (χ2v) is 5.55. The van der Waals surface area contributed by atoms with Gasteiger partial charge in [0, 0.05) is 6.54 Å². The Morgan fingerprint density at radius 3 is 2.68 bits per heavy atom. The lowest BCUT2D eigenvalue weighted by atomic mass is 10.1. The first-order valence-electron chi connectivity index (χ1n) is 8.31. The van der Waals surface area contributed by atoms with E-state index in [0.29, 0.717) is 6.54 Å². The molecule has 0 aromatic heterocycles. The van der Waals surface area contributed by atoms with Crippen molar-refractivity contribution in [3.05, 3.63) is 115 Å². The van der Waals surface area contributed by atoms with Crippen molar-refractivity contribution < 1.29 is 0 Å². The predicted octanol–water partition coefficient (Wildman–Crippen LogP) is 5.22. The van der Waals surface area contributed by atoms with Crippen molar-refractivity contribution in [2.24, 2.45) is 4.99 Å². The van der Waals surface area contributed by atoms with E-state index >= 15 is 0 Å². The molecule has 2 heterocycles. The van der Waals surface area contributed by atoms with Gasteiger partial charge in [0.15, 0.2) is 0 Å². The summed E-state index contributed by atoms with van der Waals surface area (Å²) in [6.45, 7) is 12.8. The average Bonchev–Trinajstić information content (AvgIpc) is 3.00. The van der Waals surface area contributed by atoms with E-state index in [4.69, 9.17) is 0 Å². The summed E-state index contributed by atoms with van der Waals surface area (Å²) in [7, 11) is 0. The standard InChI is InChI=1S/C23H24N2/c1-4-6-8-10-12-22-19-24-23-16-14-20(3)13-15-21(11-9-7-5-2)17-18-25(22)23/h4-10,13-17H,1-3,11,18-19H2/b8-6-,9-7-,15-13-,16-14-,21-17-. The van der Waals surface area contributed by atoms with Gasteiger partial charge in [-0.3, -0.25) is 4.99 Å². The molecule has 2 aliphatic rings. The molecule has 0 aliphatic carbocycles. The summed E-state index contributed by atoms with van der Waals surface area (Å²) in [6.07, 6.45) is 24.5. The molecule has 0 fully saturated rings. The quantitative estimate of drug-likeness (QED) is 0.499. The molecule has 0 aromatic carbocycles. The Morgan fingerprint density at radius 2 is 1.88 bits per heavy atom. The van der Waals surface area contributed by atoms with Crippen molar-refractivity contribution in [2.75, 3.05) is 13.1 Å². The van der Waals surface area contributed by atoms with Gasteiger partial charge in [0.2, 0.25) is 0 Å². The summed E-state index contributed by atoms with van der Waals surface area (Å²) >= 11 is 0. The van der Waals surface area contributed by atoms with Gasteiger partial charge in [-0.1, -0.05) is 86.2 Å². The SMILES string of the molecule is C=C/C=C\C=C=C1CN=C2/C=C\C(=C)/C=C\C(C/C=C\C=C)=C/CN12. The molecule has 25 heavy (non-hydrogen) atoms. The lowest BCUT2D eigenvalue weighted by Gasteiger charge is -2.18. The Morgan fingerprint density at radius 1 is 1.08 bits per heavy atom. The number of nitrogens with zero attached hydrogens (tertiary/aromatic N) is 2. The molecule has 0 unspecified atom stereocenters. The molecule has 0 amide bonds. The number of fused-ring (bicyclic) bond motifs is 1. The number of aliphatic imine (C=N–C) groups is 1. The van der Waals surface area contributed by atoms with Crippen molar-refractivity contribution in [1.29, 1.82) is 0 Å². The smallest absolute Gasteiger partial charge is 0.128 e. The van der Waals surface area contributed by atoms with E-state index in [1.165, 1.54) is 5.57 Å². The zero-order chi connectivity index (χ0) is 17.9. The predicted molar refractivity (Wildman–Crippen MR) is 109 cm³/mol. The van der Waals surface area contributed by atoms with Crippen molar-refractivity contribution in [2.45, 2.75) is 6.42 Å². The number of rotatable bonds is 5. The molecular weight excluding hydrogens is 304 g/mol. The zero-order valence-electron chi connectivity index (χ0n) is 14.6. The lowest BCUT2D eigenvalue weighted by molar-refractivity contribution is 0.592. The molecule has 0 saturated carbocycles. The summed E-state index contributed by atoms with van der Waals surface area (Å²) in [4.78, 5) is 6.80. The molecule has 0 bridgehead atoms. The van der Waals surface area contributed by atoms with Gasteiger partial charge in [-0.15, -0.1) is 0 Å². The van der Waals surface area contributed by atoms with Crippen LogP contribution in [0.15, 0.2) is 120 Å². The third-order valence-corrected chi connectivity index (χ3v) is 3.71. The number of hydrogen-bond acceptors (Lipinski definition) is 2. The van der Waals surface area contributed by atoms with Crippen molar-refractivity contribution in [3.8, 4) is 0 Å². The Balaban J connectivity index is 2.30. The summed E-state index contributed by atoms with van der Waals surface area (Å²) < 4.78 is 0. The van der Waals surface area contributed by atoms with Crippen LogP contribution < -0.4 is 0 Å². The van der Waals surface area contributed by atoms with E-state index in [1.807, 2.05) is 42.5 Å². The monoisotopic (exact) mass is 328 g/mol. The van der Waals surface area contributed by atoms with Crippen LogP contribution in [0.5, 0.6) is 0 Å². The maximum atomic E-state index is 4.62. The van der Waals surface area contributed by atoms with Gasteiger partial charge in [0.05, 0.1) is 12.2 Å². The van der Waals surface area contributed by atoms with Gasteiger partial charge >= 0.3 is 0 Å². The van der Waals surface area contributed by atoms with Crippen molar-refractivity contribution in [1.82, 2.24) is 4.90 Å². The zero-order valence-corrected chi connectivity index (χ0v) is 14.6. The van der Waals surface area contributed by atoms with E-state index in [9.17, 15) is 0 Å². The van der Waals surface area contributed by atoms with E-state index in [-0.39, 0.29) is 0 Å². The average molecular weight is 328 g/mol. The normalized spacial score (nSPS) is 22.0. The van der Waals surface area contributed by atoms with Gasteiger partial charge in [-0.2, -0.15) is 0 Å². The topological polar surface area (TPSA) is 15.6 Å². The summed E-state index contributed by atoms with van der Waals surface area (Å²) in [6, 6.07) is 0. The molecule has 0 atom stereocenters. The first kappa shape index (κ1) is 18.3. The van der Waals surface area contributed by atoms with Crippen LogP contribution in [0.2, 0.25) is 0 Å². The molecule has 2 rings (SSSR count). The molecule has 0 N–H and O–H groups in total. The fraction of sp³-hybridized carbons (Fsp3) is 0.130. The molecule has 2 heteroatoms. The molecular formula is C23H24N2. The van der Waals surface area contributed by atoms with E-state index in [2.05, 4.69) is 53.6 Å². The summed E-state index contributed by atoms with van der Waals surface area (Å²) in [5.74, 6) is 0.942. The Bertz CT molecular complexity index is 773. The van der Waals surface area contributed by atoms with Crippen LogP contribution in [0.25, 0.3) is 0 Å². The van der Waals surface area contributed by atoms with Crippen molar-refractivity contribution in [3.63, 3.8) is 0 Å². The lowest BCUT2D eigenvalue weighted by Crippen LogP contribution is -2.25. The van der Waals surface area contributed by atoms with Gasteiger partial charge in [0.1, 0.15) is 5.84 Å².